The SMILES string of the molecule is CCCNC(CC(CC)CC)c1c(C)cccc1C. The molecule has 1 aromatic rings. The highest BCUT2D eigenvalue weighted by Gasteiger charge is 2.18. The fourth-order valence-corrected chi connectivity index (χ4v) is 2.95. The lowest BCUT2D eigenvalue weighted by atomic mass is 9.87. The molecule has 0 aliphatic carbocycles. The van der Waals surface area contributed by atoms with Crippen LogP contribution in [0.25, 0.3) is 0 Å². The van der Waals surface area contributed by atoms with Crippen molar-refractivity contribution in [1.29, 1.82) is 0 Å². The molecule has 0 aromatic heterocycles. The summed E-state index contributed by atoms with van der Waals surface area (Å²) in [5, 5.41) is 3.77. The number of benzene rings is 1. The molecule has 19 heavy (non-hydrogen) atoms. The topological polar surface area (TPSA) is 12.0 Å². The molecule has 0 heterocycles. The zero-order valence-electron chi connectivity index (χ0n) is 13.4. The average molecular weight is 261 g/mol. The van der Waals surface area contributed by atoms with Crippen LogP contribution in [-0.2, 0) is 0 Å². The van der Waals surface area contributed by atoms with E-state index in [1.807, 2.05) is 0 Å². The zero-order valence-corrected chi connectivity index (χ0v) is 13.4. The Labute approximate surface area is 119 Å². The Morgan fingerprint density at radius 2 is 1.58 bits per heavy atom. The predicted octanol–water partition coefficient (Wildman–Crippen LogP) is 5.17. The molecule has 0 spiro atoms. The van der Waals surface area contributed by atoms with Crippen molar-refractivity contribution in [3.8, 4) is 0 Å². The molecule has 0 saturated heterocycles. The summed E-state index contributed by atoms with van der Waals surface area (Å²) in [5.74, 6) is 0.827. The van der Waals surface area contributed by atoms with Gasteiger partial charge in [0.05, 0.1) is 0 Å². The molecule has 0 amide bonds. The van der Waals surface area contributed by atoms with Gasteiger partial charge in [-0.25, -0.2) is 0 Å². The third-order valence-corrected chi connectivity index (χ3v) is 4.26. The van der Waals surface area contributed by atoms with Gasteiger partial charge in [-0.3, -0.25) is 0 Å². The number of aryl methyl sites for hydroxylation is 2. The molecule has 1 N–H and O–H groups in total. The van der Waals surface area contributed by atoms with Gasteiger partial charge in [-0.15, -0.1) is 0 Å². The third-order valence-electron chi connectivity index (χ3n) is 4.26. The number of hydrogen-bond acceptors (Lipinski definition) is 1. The van der Waals surface area contributed by atoms with E-state index in [0.717, 1.165) is 12.5 Å². The van der Waals surface area contributed by atoms with E-state index in [-0.39, 0.29) is 0 Å². The second-order valence-electron chi connectivity index (χ2n) is 5.73. The molecule has 1 rings (SSSR count). The zero-order chi connectivity index (χ0) is 14.3. The van der Waals surface area contributed by atoms with Gasteiger partial charge in [0.25, 0.3) is 0 Å². The van der Waals surface area contributed by atoms with Gasteiger partial charge in [0.1, 0.15) is 0 Å². The standard InChI is InChI=1S/C18H31N/c1-6-12-19-17(13-16(7-2)8-3)18-14(4)10-9-11-15(18)5/h9-11,16-17,19H,6-8,12-13H2,1-5H3. The number of hydrogen-bond donors (Lipinski definition) is 1. The molecule has 1 aromatic carbocycles. The summed E-state index contributed by atoms with van der Waals surface area (Å²) in [6.45, 7) is 12.5. The molecule has 0 aliphatic rings. The lowest BCUT2D eigenvalue weighted by molar-refractivity contribution is 0.370. The van der Waals surface area contributed by atoms with Crippen molar-refractivity contribution in [2.45, 2.75) is 66.3 Å². The van der Waals surface area contributed by atoms with Crippen LogP contribution in [0.4, 0.5) is 0 Å². The maximum Gasteiger partial charge on any atom is 0.0328 e. The van der Waals surface area contributed by atoms with Crippen LogP contribution in [0, 0.1) is 19.8 Å². The molecule has 0 aliphatic heterocycles. The molecule has 1 atom stereocenters. The van der Waals surface area contributed by atoms with Crippen molar-refractivity contribution in [2.75, 3.05) is 6.54 Å². The van der Waals surface area contributed by atoms with Crippen LogP contribution in [0.5, 0.6) is 0 Å². The minimum atomic E-state index is 0.519. The van der Waals surface area contributed by atoms with Crippen molar-refractivity contribution in [3.63, 3.8) is 0 Å². The molecule has 0 radical (unpaired) electrons. The molecule has 0 bridgehead atoms. The van der Waals surface area contributed by atoms with Gasteiger partial charge in [-0.1, -0.05) is 51.8 Å². The van der Waals surface area contributed by atoms with E-state index >= 15 is 0 Å². The first-order valence-electron chi connectivity index (χ1n) is 7.93. The molecular weight excluding hydrogens is 230 g/mol. The summed E-state index contributed by atoms with van der Waals surface area (Å²) in [6.07, 6.45) is 5.03. The van der Waals surface area contributed by atoms with Crippen molar-refractivity contribution >= 4 is 0 Å². The Hall–Kier alpha value is -0.820. The minimum Gasteiger partial charge on any atom is -0.310 e. The second kappa shape index (κ2) is 8.37. The van der Waals surface area contributed by atoms with Gasteiger partial charge in [0, 0.05) is 6.04 Å². The fraction of sp³-hybridized carbons (Fsp3) is 0.667. The Morgan fingerprint density at radius 3 is 2.05 bits per heavy atom. The molecule has 108 valence electrons. The van der Waals surface area contributed by atoms with Crippen LogP contribution in [0.3, 0.4) is 0 Å². The summed E-state index contributed by atoms with van der Waals surface area (Å²) < 4.78 is 0. The van der Waals surface area contributed by atoms with Crippen molar-refractivity contribution in [1.82, 2.24) is 5.32 Å². The van der Waals surface area contributed by atoms with E-state index in [1.165, 1.54) is 42.4 Å². The van der Waals surface area contributed by atoms with Gasteiger partial charge < -0.3 is 5.32 Å². The van der Waals surface area contributed by atoms with Crippen LogP contribution >= 0.6 is 0 Å². The Kier molecular flexibility index (Phi) is 7.15. The largest absolute Gasteiger partial charge is 0.310 e. The van der Waals surface area contributed by atoms with Gasteiger partial charge in [0.15, 0.2) is 0 Å². The highest BCUT2D eigenvalue weighted by Crippen LogP contribution is 2.29. The first kappa shape index (κ1) is 16.2. The normalized spacial score (nSPS) is 12.9. The summed E-state index contributed by atoms with van der Waals surface area (Å²) in [7, 11) is 0. The average Bonchev–Trinajstić information content (AvgIpc) is 2.40. The van der Waals surface area contributed by atoms with Crippen molar-refractivity contribution in [2.24, 2.45) is 5.92 Å². The highest BCUT2D eigenvalue weighted by atomic mass is 14.9. The van der Waals surface area contributed by atoms with Crippen LogP contribution in [0.1, 0.15) is 69.2 Å². The maximum absolute atomic E-state index is 3.77. The molecule has 0 fully saturated rings. The lowest BCUT2D eigenvalue weighted by Gasteiger charge is -2.26. The lowest BCUT2D eigenvalue weighted by Crippen LogP contribution is -2.25. The van der Waals surface area contributed by atoms with Crippen molar-refractivity contribution in [3.05, 3.63) is 34.9 Å². The second-order valence-corrected chi connectivity index (χ2v) is 5.73. The molecule has 0 saturated carbocycles. The Morgan fingerprint density at radius 1 is 1.00 bits per heavy atom. The van der Waals surface area contributed by atoms with Crippen LogP contribution in [0.15, 0.2) is 18.2 Å². The van der Waals surface area contributed by atoms with Crippen LogP contribution < -0.4 is 5.32 Å². The number of nitrogens with one attached hydrogen (secondary N) is 1. The smallest absolute Gasteiger partial charge is 0.0328 e. The van der Waals surface area contributed by atoms with Crippen LogP contribution in [-0.4, -0.2) is 6.54 Å². The first-order chi connectivity index (χ1) is 9.13. The molecule has 1 unspecified atom stereocenters. The first-order valence-corrected chi connectivity index (χ1v) is 7.93. The summed E-state index contributed by atoms with van der Waals surface area (Å²) >= 11 is 0. The summed E-state index contributed by atoms with van der Waals surface area (Å²) in [4.78, 5) is 0. The Balaban J connectivity index is 2.95. The third kappa shape index (κ3) is 4.65. The fourth-order valence-electron chi connectivity index (χ4n) is 2.95. The quantitative estimate of drug-likeness (QED) is 0.680. The van der Waals surface area contributed by atoms with E-state index in [0.29, 0.717) is 6.04 Å². The molecule has 1 nitrogen and oxygen atoms in total. The molecule has 1 heteroatoms. The highest BCUT2D eigenvalue weighted by molar-refractivity contribution is 5.36. The van der Waals surface area contributed by atoms with E-state index in [4.69, 9.17) is 0 Å². The van der Waals surface area contributed by atoms with E-state index < -0.39 is 0 Å². The van der Waals surface area contributed by atoms with Crippen molar-refractivity contribution < 1.29 is 0 Å². The van der Waals surface area contributed by atoms with Gasteiger partial charge in [-0.2, -0.15) is 0 Å². The number of rotatable bonds is 8. The van der Waals surface area contributed by atoms with E-state index in [2.05, 4.69) is 58.1 Å². The van der Waals surface area contributed by atoms with Gasteiger partial charge >= 0.3 is 0 Å². The van der Waals surface area contributed by atoms with Gasteiger partial charge in [-0.05, 0) is 55.8 Å². The predicted molar refractivity (Wildman–Crippen MR) is 85.6 cm³/mol. The Bertz CT molecular complexity index is 346. The van der Waals surface area contributed by atoms with Crippen LogP contribution in [0.2, 0.25) is 0 Å². The van der Waals surface area contributed by atoms with E-state index in [9.17, 15) is 0 Å². The van der Waals surface area contributed by atoms with E-state index in [1.54, 1.807) is 0 Å². The van der Waals surface area contributed by atoms with Gasteiger partial charge in [0.2, 0.25) is 0 Å². The summed E-state index contributed by atoms with van der Waals surface area (Å²) in [5.41, 5.74) is 4.39. The monoisotopic (exact) mass is 261 g/mol. The summed E-state index contributed by atoms with van der Waals surface area (Å²) in [6, 6.07) is 7.18. The minimum absolute atomic E-state index is 0.519. The molecular formula is C18H31N. The maximum atomic E-state index is 3.77.